The van der Waals surface area contributed by atoms with Gasteiger partial charge < -0.3 is 10.1 Å². The molecule has 1 rings (SSSR count). The molecule has 0 aromatic heterocycles. The molecule has 1 saturated heterocycles. The molecule has 14 heavy (non-hydrogen) atoms. The first-order valence-electron chi connectivity index (χ1n) is 5.63. The second-order valence-electron chi connectivity index (χ2n) is 4.06. The monoisotopic (exact) mass is 199 g/mol. The molecule has 1 aliphatic heterocycles. The molecule has 3 heteroatoms. The van der Waals surface area contributed by atoms with Gasteiger partial charge >= 0.3 is 5.97 Å². The Morgan fingerprint density at radius 2 is 2.43 bits per heavy atom. The van der Waals surface area contributed by atoms with Crippen LogP contribution in [0.15, 0.2) is 0 Å². The van der Waals surface area contributed by atoms with Crippen LogP contribution in [0.2, 0.25) is 0 Å². The molecule has 0 saturated carbocycles. The number of unbranched alkanes of at least 4 members (excludes halogenated alkanes) is 1. The van der Waals surface area contributed by atoms with Crippen molar-refractivity contribution >= 4 is 5.97 Å². The molecule has 1 heterocycles. The Balaban J connectivity index is 2.21. The molecule has 1 fully saturated rings. The summed E-state index contributed by atoms with van der Waals surface area (Å²) in [7, 11) is 0. The second kappa shape index (κ2) is 6.02. The quantitative estimate of drug-likeness (QED) is 0.539. The highest BCUT2D eigenvalue weighted by atomic mass is 16.5. The van der Waals surface area contributed by atoms with Crippen molar-refractivity contribution in [2.24, 2.45) is 11.8 Å². The standard InChI is InChI=1S/C11H21NO2/c1-3-4-7-14-11(13)9(2)10-5-6-12-8-10/h9-10,12H,3-8H2,1-2H3. The lowest BCUT2D eigenvalue weighted by molar-refractivity contribution is -0.149. The number of nitrogens with one attached hydrogen (secondary N) is 1. The minimum atomic E-state index is -0.0212. The van der Waals surface area contributed by atoms with Gasteiger partial charge in [-0.1, -0.05) is 20.3 Å². The SMILES string of the molecule is CCCCOC(=O)C(C)C1CCNC1. The van der Waals surface area contributed by atoms with Crippen molar-refractivity contribution in [3.63, 3.8) is 0 Å². The third-order valence-electron chi connectivity index (χ3n) is 2.92. The molecule has 0 amide bonds. The Bertz CT molecular complexity index is 176. The van der Waals surface area contributed by atoms with Gasteiger partial charge in [-0.3, -0.25) is 4.79 Å². The van der Waals surface area contributed by atoms with E-state index >= 15 is 0 Å². The maximum Gasteiger partial charge on any atom is 0.308 e. The second-order valence-corrected chi connectivity index (χ2v) is 4.06. The van der Waals surface area contributed by atoms with Crippen molar-refractivity contribution in [1.82, 2.24) is 5.32 Å². The van der Waals surface area contributed by atoms with Gasteiger partial charge in [-0.25, -0.2) is 0 Å². The normalized spacial score (nSPS) is 23.4. The van der Waals surface area contributed by atoms with E-state index in [-0.39, 0.29) is 11.9 Å². The van der Waals surface area contributed by atoms with E-state index < -0.39 is 0 Å². The third kappa shape index (κ3) is 3.29. The zero-order chi connectivity index (χ0) is 10.4. The molecule has 1 N–H and O–H groups in total. The van der Waals surface area contributed by atoms with E-state index in [9.17, 15) is 4.79 Å². The summed E-state index contributed by atoms with van der Waals surface area (Å²) in [6, 6.07) is 0. The first-order chi connectivity index (χ1) is 6.75. The van der Waals surface area contributed by atoms with Crippen LogP contribution in [-0.4, -0.2) is 25.7 Å². The van der Waals surface area contributed by atoms with Gasteiger partial charge in [-0.2, -0.15) is 0 Å². The molecule has 1 aliphatic rings. The zero-order valence-corrected chi connectivity index (χ0v) is 9.21. The minimum Gasteiger partial charge on any atom is -0.465 e. The summed E-state index contributed by atoms with van der Waals surface area (Å²) < 4.78 is 5.19. The largest absolute Gasteiger partial charge is 0.465 e. The van der Waals surface area contributed by atoms with Crippen molar-refractivity contribution in [3.8, 4) is 0 Å². The number of carbonyl (C=O) groups excluding carboxylic acids is 1. The number of hydrogen-bond acceptors (Lipinski definition) is 3. The van der Waals surface area contributed by atoms with Crippen molar-refractivity contribution < 1.29 is 9.53 Å². The predicted molar refractivity (Wildman–Crippen MR) is 56.0 cm³/mol. The summed E-state index contributed by atoms with van der Waals surface area (Å²) in [5.41, 5.74) is 0. The molecule has 2 atom stereocenters. The van der Waals surface area contributed by atoms with E-state index in [2.05, 4.69) is 12.2 Å². The molecule has 82 valence electrons. The van der Waals surface area contributed by atoms with Crippen molar-refractivity contribution in [1.29, 1.82) is 0 Å². The lowest BCUT2D eigenvalue weighted by Gasteiger charge is -2.16. The fourth-order valence-corrected chi connectivity index (χ4v) is 1.74. The average Bonchev–Trinajstić information content (AvgIpc) is 2.69. The zero-order valence-electron chi connectivity index (χ0n) is 9.21. The van der Waals surface area contributed by atoms with E-state index in [1.54, 1.807) is 0 Å². The van der Waals surface area contributed by atoms with Crippen LogP contribution >= 0.6 is 0 Å². The highest BCUT2D eigenvalue weighted by Crippen LogP contribution is 2.19. The van der Waals surface area contributed by atoms with Crippen molar-refractivity contribution in [3.05, 3.63) is 0 Å². The molecule has 0 bridgehead atoms. The van der Waals surface area contributed by atoms with E-state index in [0.717, 1.165) is 32.4 Å². The smallest absolute Gasteiger partial charge is 0.308 e. The fraction of sp³-hybridized carbons (Fsp3) is 0.909. The maximum atomic E-state index is 11.6. The Morgan fingerprint density at radius 3 is 3.00 bits per heavy atom. The third-order valence-corrected chi connectivity index (χ3v) is 2.92. The average molecular weight is 199 g/mol. The number of rotatable bonds is 5. The molecule has 3 nitrogen and oxygen atoms in total. The lowest BCUT2D eigenvalue weighted by atomic mass is 9.93. The van der Waals surface area contributed by atoms with Crippen LogP contribution < -0.4 is 5.32 Å². The van der Waals surface area contributed by atoms with Gasteiger partial charge in [0, 0.05) is 0 Å². The Morgan fingerprint density at radius 1 is 1.64 bits per heavy atom. The van der Waals surface area contributed by atoms with Crippen LogP contribution in [0.5, 0.6) is 0 Å². The Hall–Kier alpha value is -0.570. The van der Waals surface area contributed by atoms with Crippen molar-refractivity contribution in [2.75, 3.05) is 19.7 Å². The summed E-state index contributed by atoms with van der Waals surface area (Å²) >= 11 is 0. The topological polar surface area (TPSA) is 38.3 Å². The Kier molecular flexibility index (Phi) is 4.94. The predicted octanol–water partition coefficient (Wildman–Crippen LogP) is 1.58. The molecule has 2 unspecified atom stereocenters. The van der Waals surface area contributed by atoms with Crippen LogP contribution in [0.4, 0.5) is 0 Å². The molecule has 0 aliphatic carbocycles. The van der Waals surface area contributed by atoms with Crippen LogP contribution in [0, 0.1) is 11.8 Å². The van der Waals surface area contributed by atoms with Gasteiger partial charge in [0.2, 0.25) is 0 Å². The molecule has 0 radical (unpaired) electrons. The van der Waals surface area contributed by atoms with Crippen LogP contribution in [0.3, 0.4) is 0 Å². The van der Waals surface area contributed by atoms with E-state index in [1.165, 1.54) is 0 Å². The summed E-state index contributed by atoms with van der Waals surface area (Å²) in [5.74, 6) is 0.512. The molecular weight excluding hydrogens is 178 g/mol. The van der Waals surface area contributed by atoms with Gasteiger partial charge in [0.25, 0.3) is 0 Å². The molecule has 0 aromatic carbocycles. The van der Waals surface area contributed by atoms with Crippen LogP contribution in [0.25, 0.3) is 0 Å². The van der Waals surface area contributed by atoms with E-state index in [0.29, 0.717) is 12.5 Å². The first kappa shape index (κ1) is 11.5. The number of ether oxygens (including phenoxy) is 1. The first-order valence-corrected chi connectivity index (χ1v) is 5.63. The molecular formula is C11H21NO2. The molecule has 0 spiro atoms. The Labute approximate surface area is 86.2 Å². The fourth-order valence-electron chi connectivity index (χ4n) is 1.74. The summed E-state index contributed by atoms with van der Waals surface area (Å²) in [6.07, 6.45) is 3.15. The van der Waals surface area contributed by atoms with E-state index in [1.807, 2.05) is 6.92 Å². The van der Waals surface area contributed by atoms with Crippen LogP contribution in [0.1, 0.15) is 33.1 Å². The van der Waals surface area contributed by atoms with Gasteiger partial charge in [0.05, 0.1) is 12.5 Å². The highest BCUT2D eigenvalue weighted by Gasteiger charge is 2.27. The van der Waals surface area contributed by atoms with Crippen LogP contribution in [-0.2, 0) is 9.53 Å². The van der Waals surface area contributed by atoms with Gasteiger partial charge in [0.15, 0.2) is 0 Å². The van der Waals surface area contributed by atoms with Gasteiger partial charge in [-0.05, 0) is 31.8 Å². The lowest BCUT2D eigenvalue weighted by Crippen LogP contribution is -2.25. The summed E-state index contributed by atoms with van der Waals surface area (Å²) in [5, 5.41) is 3.27. The summed E-state index contributed by atoms with van der Waals surface area (Å²) in [6.45, 7) is 6.66. The number of esters is 1. The molecule has 0 aromatic rings. The van der Waals surface area contributed by atoms with E-state index in [4.69, 9.17) is 4.74 Å². The van der Waals surface area contributed by atoms with Gasteiger partial charge in [0.1, 0.15) is 0 Å². The minimum absolute atomic E-state index is 0.0212. The number of carbonyl (C=O) groups is 1. The number of hydrogen-bond donors (Lipinski definition) is 1. The highest BCUT2D eigenvalue weighted by molar-refractivity contribution is 5.72. The van der Waals surface area contributed by atoms with Gasteiger partial charge in [-0.15, -0.1) is 0 Å². The maximum absolute atomic E-state index is 11.6. The summed E-state index contributed by atoms with van der Waals surface area (Å²) in [4.78, 5) is 11.6. The van der Waals surface area contributed by atoms with Crippen molar-refractivity contribution in [2.45, 2.75) is 33.1 Å².